The number of carbonyl (C=O) groups excluding carboxylic acids is 1. The number of fused-ring (bicyclic) bond motifs is 7. The molecule has 0 bridgehead atoms. The smallest absolute Gasteiger partial charge is 0.259 e. The normalized spacial score (nSPS) is 21.8. The van der Waals surface area contributed by atoms with Crippen LogP contribution in [0.15, 0.2) is 84.9 Å². The minimum Gasteiger partial charge on any atom is -0.386 e. The minimum atomic E-state index is -0.744. The maximum absolute atomic E-state index is 13.3. The van der Waals surface area contributed by atoms with Gasteiger partial charge in [-0.3, -0.25) is 9.69 Å². The molecule has 0 aromatic heterocycles. The molecular weight excluding hydrogens is 346 g/mol. The lowest BCUT2D eigenvalue weighted by molar-refractivity contribution is 0.0690. The van der Waals surface area contributed by atoms with Crippen molar-refractivity contribution in [2.45, 2.75) is 12.1 Å². The Kier molecular flexibility index (Phi) is 3.09. The number of nitrogens with zero attached hydrogens (tertiary/aromatic N) is 1. The molecule has 3 heteroatoms. The monoisotopic (exact) mass is 363 g/mol. The molecule has 0 unspecified atom stereocenters. The Hall–Kier alpha value is -3.43. The second-order valence-electron chi connectivity index (χ2n) is 7.42. The van der Waals surface area contributed by atoms with Crippen LogP contribution >= 0.6 is 0 Å². The number of hydrogen-bond acceptors (Lipinski definition) is 2. The lowest BCUT2D eigenvalue weighted by Crippen LogP contribution is -2.39. The van der Waals surface area contributed by atoms with Gasteiger partial charge in [0.05, 0.1) is 11.7 Å². The van der Waals surface area contributed by atoms with Gasteiger partial charge in [-0.1, -0.05) is 72.8 Å². The third-order valence-corrected chi connectivity index (χ3v) is 6.01. The molecule has 1 aliphatic carbocycles. The van der Waals surface area contributed by atoms with Gasteiger partial charge in [0.25, 0.3) is 5.91 Å². The Morgan fingerprint density at radius 2 is 1.39 bits per heavy atom. The zero-order valence-electron chi connectivity index (χ0n) is 15.0. The molecule has 0 spiro atoms. The Labute approximate surface area is 162 Å². The van der Waals surface area contributed by atoms with Crippen molar-refractivity contribution >= 4 is 22.8 Å². The highest BCUT2D eigenvalue weighted by atomic mass is 16.3. The van der Waals surface area contributed by atoms with E-state index in [0.29, 0.717) is 5.56 Å². The zero-order chi connectivity index (χ0) is 18.8. The Morgan fingerprint density at radius 3 is 2.18 bits per heavy atom. The summed E-state index contributed by atoms with van der Waals surface area (Å²) in [6.45, 7) is 0. The third-order valence-electron chi connectivity index (χ3n) is 6.01. The summed E-state index contributed by atoms with van der Waals surface area (Å²) >= 11 is 0. The minimum absolute atomic E-state index is 0.0386. The average molecular weight is 363 g/mol. The van der Waals surface area contributed by atoms with E-state index in [9.17, 15) is 9.90 Å². The van der Waals surface area contributed by atoms with Crippen LogP contribution in [-0.4, -0.2) is 22.0 Å². The van der Waals surface area contributed by atoms with Crippen LogP contribution in [-0.2, 0) is 0 Å². The number of rotatable bonds is 1. The molecule has 1 amide bonds. The summed E-state index contributed by atoms with van der Waals surface area (Å²) in [5.74, 6) is -0.0386. The molecule has 28 heavy (non-hydrogen) atoms. The lowest BCUT2D eigenvalue weighted by Gasteiger charge is -2.34. The molecule has 2 atom stereocenters. The van der Waals surface area contributed by atoms with Crippen molar-refractivity contribution < 1.29 is 9.90 Å². The molecule has 0 saturated carbocycles. The van der Waals surface area contributed by atoms with Gasteiger partial charge >= 0.3 is 0 Å². The summed E-state index contributed by atoms with van der Waals surface area (Å²) in [6, 6.07) is 25.4. The lowest BCUT2D eigenvalue weighted by atomic mass is 9.88. The Bertz CT molecular complexity index is 1210. The first-order chi connectivity index (χ1) is 13.8. The highest BCUT2D eigenvalue weighted by Crippen LogP contribution is 2.53. The second kappa shape index (κ2) is 5.54. The summed E-state index contributed by atoms with van der Waals surface area (Å²) < 4.78 is 0. The molecule has 3 aromatic rings. The van der Waals surface area contributed by atoms with Crippen molar-refractivity contribution in [1.29, 1.82) is 0 Å². The van der Waals surface area contributed by atoms with Crippen molar-refractivity contribution in [2.75, 3.05) is 0 Å². The summed E-state index contributed by atoms with van der Waals surface area (Å²) in [5, 5.41) is 11.2. The van der Waals surface area contributed by atoms with Crippen molar-refractivity contribution in [3.05, 3.63) is 113 Å². The maximum atomic E-state index is 13.3. The quantitative estimate of drug-likeness (QED) is 0.690. The Morgan fingerprint density at radius 1 is 0.750 bits per heavy atom. The fourth-order valence-electron chi connectivity index (χ4n) is 4.82. The van der Waals surface area contributed by atoms with Crippen LogP contribution < -0.4 is 0 Å². The van der Waals surface area contributed by atoms with Crippen LogP contribution in [0.4, 0.5) is 0 Å². The predicted molar refractivity (Wildman–Crippen MR) is 109 cm³/mol. The molecule has 3 nitrogen and oxygen atoms in total. The van der Waals surface area contributed by atoms with Gasteiger partial charge in [0, 0.05) is 11.1 Å². The Balaban J connectivity index is 1.69. The van der Waals surface area contributed by atoms with Crippen LogP contribution in [0.5, 0.6) is 0 Å². The molecule has 2 aliphatic heterocycles. The number of aliphatic hydroxyl groups is 1. The van der Waals surface area contributed by atoms with E-state index >= 15 is 0 Å². The van der Waals surface area contributed by atoms with E-state index in [2.05, 4.69) is 18.2 Å². The average Bonchev–Trinajstić information content (AvgIpc) is 3.21. The number of aliphatic hydroxyl groups excluding tert-OH is 1. The molecule has 0 saturated heterocycles. The number of amides is 1. The van der Waals surface area contributed by atoms with E-state index in [1.807, 2.05) is 66.7 Å². The number of benzene rings is 3. The molecule has 0 radical (unpaired) electrons. The predicted octanol–water partition coefficient (Wildman–Crippen LogP) is 4.52. The summed E-state index contributed by atoms with van der Waals surface area (Å²) in [6.07, 6.45) is 1.37. The van der Waals surface area contributed by atoms with Crippen LogP contribution in [0.2, 0.25) is 0 Å². The molecule has 3 aromatic carbocycles. The zero-order valence-corrected chi connectivity index (χ0v) is 15.0. The number of allylic oxidation sites excluding steroid dienone is 2. The van der Waals surface area contributed by atoms with E-state index in [4.69, 9.17) is 0 Å². The van der Waals surface area contributed by atoms with Gasteiger partial charge < -0.3 is 5.11 Å². The highest BCUT2D eigenvalue weighted by Gasteiger charge is 2.49. The largest absolute Gasteiger partial charge is 0.386 e. The van der Waals surface area contributed by atoms with Gasteiger partial charge in [0.15, 0.2) is 0 Å². The van der Waals surface area contributed by atoms with Crippen LogP contribution in [0.1, 0.15) is 38.7 Å². The highest BCUT2D eigenvalue weighted by molar-refractivity contribution is 6.16. The van der Waals surface area contributed by atoms with Gasteiger partial charge in [0.2, 0.25) is 0 Å². The molecule has 6 rings (SSSR count). The van der Waals surface area contributed by atoms with Crippen LogP contribution in [0.25, 0.3) is 16.8 Å². The van der Waals surface area contributed by atoms with E-state index in [0.717, 1.165) is 39.1 Å². The summed E-state index contributed by atoms with van der Waals surface area (Å²) in [5.41, 5.74) is 7.61. The fraction of sp³-hybridized carbons (Fsp3) is 0.0800. The van der Waals surface area contributed by atoms with Gasteiger partial charge in [-0.15, -0.1) is 0 Å². The van der Waals surface area contributed by atoms with Gasteiger partial charge in [0.1, 0.15) is 6.10 Å². The van der Waals surface area contributed by atoms with E-state index < -0.39 is 12.1 Å². The van der Waals surface area contributed by atoms with Gasteiger partial charge in [-0.25, -0.2) is 0 Å². The van der Waals surface area contributed by atoms with Crippen LogP contribution in [0, 0.1) is 0 Å². The first kappa shape index (κ1) is 15.6. The van der Waals surface area contributed by atoms with Crippen molar-refractivity contribution in [3.63, 3.8) is 0 Å². The van der Waals surface area contributed by atoms with Crippen molar-refractivity contribution in [1.82, 2.24) is 4.90 Å². The molecule has 0 fully saturated rings. The molecule has 134 valence electrons. The standard InChI is InChI=1S/C25H17NO2/c27-24-18-12-6-5-11-17(18)22-20(15-8-2-1-3-9-15)14-21-16-10-4-7-13-19(16)25(28)26(21)23(22)24/h1-14,23-24,27H/t23-,24-/m1/s1. The van der Waals surface area contributed by atoms with Crippen LogP contribution in [0.3, 0.4) is 0 Å². The number of hydrogen-bond donors (Lipinski definition) is 1. The summed E-state index contributed by atoms with van der Waals surface area (Å²) in [7, 11) is 0. The fourth-order valence-corrected chi connectivity index (χ4v) is 4.82. The first-order valence-electron chi connectivity index (χ1n) is 9.47. The van der Waals surface area contributed by atoms with E-state index in [1.165, 1.54) is 0 Å². The molecule has 2 heterocycles. The SMILES string of the molecule is O=C1c2ccccc2C2=CC(c3ccccc3)=C3c4ccccc4[C@@H](O)[C@@H]3N12. The maximum Gasteiger partial charge on any atom is 0.259 e. The molecular formula is C25H17NO2. The van der Waals surface area contributed by atoms with Crippen molar-refractivity contribution in [3.8, 4) is 0 Å². The van der Waals surface area contributed by atoms with E-state index in [1.54, 1.807) is 4.90 Å². The van der Waals surface area contributed by atoms with Gasteiger partial charge in [-0.05, 0) is 40.0 Å². The van der Waals surface area contributed by atoms with Crippen molar-refractivity contribution in [2.24, 2.45) is 0 Å². The second-order valence-corrected chi connectivity index (χ2v) is 7.42. The molecule has 3 aliphatic rings. The summed E-state index contributed by atoms with van der Waals surface area (Å²) in [4.78, 5) is 15.1. The first-order valence-corrected chi connectivity index (χ1v) is 9.47. The number of carbonyl (C=O) groups is 1. The van der Waals surface area contributed by atoms with Gasteiger partial charge in [-0.2, -0.15) is 0 Å². The molecule has 1 N–H and O–H groups in total. The third kappa shape index (κ3) is 1.89. The topological polar surface area (TPSA) is 40.5 Å². The van der Waals surface area contributed by atoms with E-state index in [-0.39, 0.29) is 5.91 Å².